The van der Waals surface area contributed by atoms with Gasteiger partial charge < -0.3 is 10.4 Å². The molecule has 0 aliphatic heterocycles. The molecule has 108 valence electrons. The van der Waals surface area contributed by atoms with E-state index in [1.165, 1.54) is 0 Å². The minimum absolute atomic E-state index is 0.0668. The largest absolute Gasteiger partial charge is 0.393 e. The van der Waals surface area contributed by atoms with E-state index < -0.39 is 22.3 Å². The number of benzene rings is 1. The Morgan fingerprint density at radius 3 is 2.55 bits per heavy atom. The SMILES string of the molecule is O=C(NC1CCC(O)CC1)c1cc(F)cc([N+](=O)[O-])c1. The predicted molar refractivity (Wildman–Crippen MR) is 68.8 cm³/mol. The van der Waals surface area contributed by atoms with E-state index in [2.05, 4.69) is 5.32 Å². The van der Waals surface area contributed by atoms with E-state index >= 15 is 0 Å². The van der Waals surface area contributed by atoms with Gasteiger partial charge in [0.05, 0.1) is 17.1 Å². The first-order chi connectivity index (χ1) is 9.45. The van der Waals surface area contributed by atoms with Crippen LogP contribution in [0.5, 0.6) is 0 Å². The highest BCUT2D eigenvalue weighted by molar-refractivity contribution is 5.95. The average Bonchev–Trinajstić information content (AvgIpc) is 2.40. The van der Waals surface area contributed by atoms with Gasteiger partial charge in [0, 0.05) is 17.7 Å². The van der Waals surface area contributed by atoms with Crippen LogP contribution in [0.3, 0.4) is 0 Å². The van der Waals surface area contributed by atoms with Crippen molar-refractivity contribution >= 4 is 11.6 Å². The fourth-order valence-electron chi connectivity index (χ4n) is 2.30. The molecule has 1 aliphatic rings. The van der Waals surface area contributed by atoms with Crippen molar-refractivity contribution in [3.05, 3.63) is 39.7 Å². The highest BCUT2D eigenvalue weighted by Gasteiger charge is 2.22. The number of carbonyl (C=O) groups is 1. The third-order valence-corrected chi connectivity index (χ3v) is 3.39. The molecule has 0 bridgehead atoms. The lowest BCUT2D eigenvalue weighted by Gasteiger charge is -2.26. The van der Waals surface area contributed by atoms with Crippen LogP contribution in [0.1, 0.15) is 36.0 Å². The second-order valence-electron chi connectivity index (χ2n) is 4.93. The van der Waals surface area contributed by atoms with Crippen LogP contribution in [0.2, 0.25) is 0 Å². The molecular weight excluding hydrogens is 267 g/mol. The molecule has 7 heteroatoms. The lowest BCUT2D eigenvalue weighted by atomic mass is 9.93. The Kier molecular flexibility index (Phi) is 4.29. The second-order valence-corrected chi connectivity index (χ2v) is 4.93. The van der Waals surface area contributed by atoms with E-state index in [0.717, 1.165) is 18.2 Å². The number of nitro benzene ring substituents is 1. The first kappa shape index (κ1) is 14.4. The van der Waals surface area contributed by atoms with Crippen molar-refractivity contribution in [1.82, 2.24) is 5.32 Å². The van der Waals surface area contributed by atoms with E-state index in [9.17, 15) is 24.4 Å². The Hall–Kier alpha value is -2.02. The number of aliphatic hydroxyl groups excluding tert-OH is 1. The monoisotopic (exact) mass is 282 g/mol. The van der Waals surface area contributed by atoms with Crippen LogP contribution >= 0.6 is 0 Å². The molecule has 20 heavy (non-hydrogen) atoms. The van der Waals surface area contributed by atoms with Crippen molar-refractivity contribution in [2.24, 2.45) is 0 Å². The molecule has 0 unspecified atom stereocenters. The number of rotatable bonds is 3. The summed E-state index contributed by atoms with van der Waals surface area (Å²) in [7, 11) is 0. The Bertz CT molecular complexity index is 527. The van der Waals surface area contributed by atoms with Crippen molar-refractivity contribution in [2.45, 2.75) is 37.8 Å². The molecule has 0 radical (unpaired) electrons. The van der Waals surface area contributed by atoms with Gasteiger partial charge in [-0.15, -0.1) is 0 Å². The Morgan fingerprint density at radius 1 is 1.30 bits per heavy atom. The predicted octanol–water partition coefficient (Wildman–Crippen LogP) is 1.77. The highest BCUT2D eigenvalue weighted by Crippen LogP contribution is 2.20. The molecule has 6 nitrogen and oxygen atoms in total. The zero-order valence-electron chi connectivity index (χ0n) is 10.7. The topological polar surface area (TPSA) is 92.5 Å². The normalized spacial score (nSPS) is 22.3. The standard InChI is InChI=1S/C13H15FN2O4/c14-9-5-8(6-11(7-9)16(19)20)13(18)15-10-1-3-12(17)4-2-10/h5-7,10,12,17H,1-4H2,(H,15,18). The van der Waals surface area contributed by atoms with Gasteiger partial charge in [-0.25, -0.2) is 4.39 Å². The summed E-state index contributed by atoms with van der Waals surface area (Å²) in [6.07, 6.45) is 2.16. The Balaban J connectivity index is 2.07. The summed E-state index contributed by atoms with van der Waals surface area (Å²) in [5, 5.41) is 22.7. The van der Waals surface area contributed by atoms with Gasteiger partial charge in [-0.3, -0.25) is 14.9 Å². The van der Waals surface area contributed by atoms with Crippen LogP contribution < -0.4 is 5.32 Å². The summed E-state index contributed by atoms with van der Waals surface area (Å²) >= 11 is 0. The minimum Gasteiger partial charge on any atom is -0.393 e. The maximum Gasteiger partial charge on any atom is 0.273 e. The van der Waals surface area contributed by atoms with Crippen molar-refractivity contribution in [1.29, 1.82) is 0 Å². The third kappa shape index (κ3) is 3.51. The fourth-order valence-corrected chi connectivity index (χ4v) is 2.30. The zero-order valence-corrected chi connectivity index (χ0v) is 10.7. The molecule has 2 N–H and O–H groups in total. The number of aliphatic hydroxyl groups is 1. The number of nitro groups is 1. The zero-order chi connectivity index (χ0) is 14.7. The molecule has 2 rings (SSSR count). The van der Waals surface area contributed by atoms with E-state index in [1.54, 1.807) is 0 Å². The molecule has 0 spiro atoms. The number of hydrogen-bond donors (Lipinski definition) is 2. The number of non-ortho nitro benzene ring substituents is 1. The lowest BCUT2D eigenvalue weighted by Crippen LogP contribution is -2.38. The highest BCUT2D eigenvalue weighted by atomic mass is 19.1. The van der Waals surface area contributed by atoms with Gasteiger partial charge >= 0.3 is 0 Å². The molecule has 0 heterocycles. The number of hydrogen-bond acceptors (Lipinski definition) is 4. The van der Waals surface area contributed by atoms with E-state index in [1.807, 2.05) is 0 Å². The number of amides is 1. The van der Waals surface area contributed by atoms with Gasteiger partial charge in [0.15, 0.2) is 0 Å². The summed E-state index contributed by atoms with van der Waals surface area (Å²) < 4.78 is 13.3. The van der Waals surface area contributed by atoms with E-state index in [0.29, 0.717) is 25.7 Å². The fraction of sp³-hybridized carbons (Fsp3) is 0.462. The maximum atomic E-state index is 13.3. The van der Waals surface area contributed by atoms with E-state index in [4.69, 9.17) is 0 Å². The summed E-state index contributed by atoms with van der Waals surface area (Å²) in [6.45, 7) is 0. The van der Waals surface area contributed by atoms with Crippen molar-refractivity contribution in [2.75, 3.05) is 0 Å². The summed E-state index contributed by atoms with van der Waals surface area (Å²) in [4.78, 5) is 21.9. The number of carbonyl (C=O) groups excluding carboxylic acids is 1. The molecule has 1 aliphatic carbocycles. The maximum absolute atomic E-state index is 13.3. The third-order valence-electron chi connectivity index (χ3n) is 3.39. The molecule has 1 amide bonds. The number of nitrogens with one attached hydrogen (secondary N) is 1. The quantitative estimate of drug-likeness (QED) is 0.652. The molecule has 1 saturated carbocycles. The van der Waals surface area contributed by atoms with Gasteiger partial charge in [0.25, 0.3) is 11.6 Å². The molecule has 0 aromatic heterocycles. The second kappa shape index (κ2) is 5.96. The molecule has 0 atom stereocenters. The Morgan fingerprint density at radius 2 is 1.95 bits per heavy atom. The van der Waals surface area contributed by atoms with Crippen LogP contribution in [0.4, 0.5) is 10.1 Å². The summed E-state index contributed by atoms with van der Waals surface area (Å²) in [5.41, 5.74) is -0.517. The van der Waals surface area contributed by atoms with Gasteiger partial charge in [-0.1, -0.05) is 0 Å². The van der Waals surface area contributed by atoms with Crippen LogP contribution in [0.25, 0.3) is 0 Å². The molecular formula is C13H15FN2O4. The van der Waals surface area contributed by atoms with Gasteiger partial charge in [0.2, 0.25) is 0 Å². The first-order valence-electron chi connectivity index (χ1n) is 6.39. The van der Waals surface area contributed by atoms with Gasteiger partial charge in [-0.2, -0.15) is 0 Å². The van der Waals surface area contributed by atoms with Crippen molar-refractivity contribution < 1.29 is 19.2 Å². The van der Waals surface area contributed by atoms with Crippen LogP contribution in [0.15, 0.2) is 18.2 Å². The van der Waals surface area contributed by atoms with Crippen molar-refractivity contribution in [3.8, 4) is 0 Å². The number of nitrogens with zero attached hydrogens (tertiary/aromatic N) is 1. The average molecular weight is 282 g/mol. The smallest absolute Gasteiger partial charge is 0.273 e. The van der Waals surface area contributed by atoms with Crippen LogP contribution in [-0.2, 0) is 0 Å². The van der Waals surface area contributed by atoms with Crippen LogP contribution in [0, 0.1) is 15.9 Å². The minimum atomic E-state index is -0.816. The molecule has 0 saturated heterocycles. The van der Waals surface area contributed by atoms with Gasteiger partial charge in [-0.05, 0) is 31.7 Å². The lowest BCUT2D eigenvalue weighted by molar-refractivity contribution is -0.385. The van der Waals surface area contributed by atoms with E-state index in [-0.39, 0.29) is 17.7 Å². The van der Waals surface area contributed by atoms with Crippen LogP contribution in [-0.4, -0.2) is 28.1 Å². The molecule has 1 aromatic rings. The molecule has 1 fully saturated rings. The van der Waals surface area contributed by atoms with Gasteiger partial charge in [0.1, 0.15) is 5.82 Å². The summed E-state index contributed by atoms with van der Waals surface area (Å²) in [6, 6.07) is 2.71. The number of halogens is 1. The Labute approximate surface area is 114 Å². The summed E-state index contributed by atoms with van der Waals surface area (Å²) in [5.74, 6) is -1.35. The molecule has 1 aromatic carbocycles. The van der Waals surface area contributed by atoms with Crippen molar-refractivity contribution in [3.63, 3.8) is 0 Å². The first-order valence-corrected chi connectivity index (χ1v) is 6.39.